The molecule has 0 spiro atoms. The maximum Gasteiger partial charge on any atom is 0.573 e. The van der Waals surface area contributed by atoms with Crippen LogP contribution in [0.1, 0.15) is 12.8 Å². The molecule has 1 amide bonds. The quantitative estimate of drug-likeness (QED) is 0.671. The molecule has 146 valence electrons. The summed E-state index contributed by atoms with van der Waals surface area (Å²) >= 11 is 0. The number of hydrogen-bond acceptors (Lipinski definition) is 3. The van der Waals surface area contributed by atoms with Crippen molar-refractivity contribution in [1.82, 2.24) is 14.5 Å². The van der Waals surface area contributed by atoms with E-state index < -0.39 is 6.36 Å². The summed E-state index contributed by atoms with van der Waals surface area (Å²) in [6.45, 7) is 1.81. The molecular formula is C20H18F3N3O2. The normalized spacial score (nSPS) is 14.6. The molecule has 5 nitrogen and oxygen atoms in total. The van der Waals surface area contributed by atoms with Gasteiger partial charge in [-0.2, -0.15) is 0 Å². The Morgan fingerprint density at radius 1 is 1.04 bits per heavy atom. The third-order valence-corrected chi connectivity index (χ3v) is 4.81. The lowest BCUT2D eigenvalue weighted by Gasteiger charge is -2.15. The number of halogens is 3. The molecule has 0 radical (unpaired) electrons. The molecule has 0 atom stereocenters. The molecule has 4 rings (SSSR count). The maximum absolute atomic E-state index is 12.4. The van der Waals surface area contributed by atoms with Crippen LogP contribution in [0.2, 0.25) is 0 Å². The summed E-state index contributed by atoms with van der Waals surface area (Å²) < 4.78 is 42.6. The molecule has 0 aliphatic carbocycles. The lowest BCUT2D eigenvalue weighted by Crippen LogP contribution is -2.30. The number of fused-ring (bicyclic) bond motifs is 1. The molecular weight excluding hydrogens is 371 g/mol. The number of hydrogen-bond donors (Lipinski definition) is 0. The van der Waals surface area contributed by atoms with Crippen molar-refractivity contribution in [3.8, 4) is 16.9 Å². The minimum Gasteiger partial charge on any atom is -0.406 e. The molecule has 8 heteroatoms. The summed E-state index contributed by atoms with van der Waals surface area (Å²) in [4.78, 5) is 18.6. The van der Waals surface area contributed by atoms with E-state index in [1.54, 1.807) is 23.0 Å². The monoisotopic (exact) mass is 389 g/mol. The van der Waals surface area contributed by atoms with Crippen LogP contribution in [0.3, 0.4) is 0 Å². The van der Waals surface area contributed by atoms with Crippen LogP contribution in [0.4, 0.5) is 13.2 Å². The van der Waals surface area contributed by atoms with E-state index in [1.165, 1.54) is 12.1 Å². The fourth-order valence-corrected chi connectivity index (χ4v) is 3.42. The Morgan fingerprint density at radius 3 is 2.39 bits per heavy atom. The van der Waals surface area contributed by atoms with Gasteiger partial charge in [0.25, 0.3) is 0 Å². The molecule has 0 N–H and O–H groups in total. The largest absolute Gasteiger partial charge is 0.573 e. The fourth-order valence-electron chi connectivity index (χ4n) is 3.42. The molecule has 0 unspecified atom stereocenters. The van der Waals surface area contributed by atoms with Crippen LogP contribution in [0.15, 0.2) is 48.8 Å². The van der Waals surface area contributed by atoms with Gasteiger partial charge in [-0.3, -0.25) is 4.79 Å². The summed E-state index contributed by atoms with van der Waals surface area (Å²) in [5.41, 5.74) is 3.13. The fraction of sp³-hybridized carbons (Fsp3) is 0.300. The topological polar surface area (TPSA) is 47.4 Å². The van der Waals surface area contributed by atoms with Crippen molar-refractivity contribution in [3.63, 3.8) is 0 Å². The highest BCUT2D eigenvalue weighted by Gasteiger charge is 2.31. The van der Waals surface area contributed by atoms with Gasteiger partial charge in [0.15, 0.2) is 0 Å². The predicted octanol–water partition coefficient (Wildman–Crippen LogP) is 4.22. The van der Waals surface area contributed by atoms with E-state index in [0.29, 0.717) is 0 Å². The number of alkyl halides is 3. The zero-order valence-electron chi connectivity index (χ0n) is 14.9. The average molecular weight is 389 g/mol. The smallest absolute Gasteiger partial charge is 0.406 e. The number of carbonyl (C=O) groups excluding carboxylic acids is 1. The first-order chi connectivity index (χ1) is 13.4. The van der Waals surface area contributed by atoms with Crippen LogP contribution < -0.4 is 4.74 Å². The number of aromatic nitrogens is 2. The Hall–Kier alpha value is -3.03. The Balaban J connectivity index is 1.57. The number of rotatable bonds is 4. The van der Waals surface area contributed by atoms with Crippen LogP contribution >= 0.6 is 0 Å². The molecule has 3 aromatic rings. The zero-order valence-corrected chi connectivity index (χ0v) is 14.9. The lowest BCUT2D eigenvalue weighted by molar-refractivity contribution is -0.274. The van der Waals surface area contributed by atoms with Gasteiger partial charge in [-0.05, 0) is 48.2 Å². The molecule has 0 saturated carbocycles. The third kappa shape index (κ3) is 3.95. The number of nitrogens with zero attached hydrogens (tertiary/aromatic N) is 3. The SMILES string of the molecule is O=C(Cn1cnc2ccc(-c3ccc(OC(F)(F)F)cc3)cc21)N1CCCC1. The first-order valence-electron chi connectivity index (χ1n) is 8.98. The molecule has 1 aliphatic heterocycles. The van der Waals surface area contributed by atoms with Crippen molar-refractivity contribution < 1.29 is 22.7 Å². The predicted molar refractivity (Wildman–Crippen MR) is 97.7 cm³/mol. The van der Waals surface area contributed by atoms with E-state index >= 15 is 0 Å². The first kappa shape index (κ1) is 18.3. The average Bonchev–Trinajstić information content (AvgIpc) is 3.31. The number of ether oxygens (including phenoxy) is 1. The molecule has 1 aliphatic rings. The summed E-state index contributed by atoms with van der Waals surface area (Å²) in [6.07, 6.45) is -0.999. The van der Waals surface area contributed by atoms with Crippen LogP contribution in [0.5, 0.6) is 5.75 Å². The minimum absolute atomic E-state index is 0.0656. The second kappa shape index (κ2) is 7.18. The molecule has 1 fully saturated rings. The van der Waals surface area contributed by atoms with Gasteiger partial charge < -0.3 is 14.2 Å². The van der Waals surface area contributed by atoms with E-state index in [0.717, 1.165) is 48.1 Å². The van der Waals surface area contributed by atoms with E-state index in [4.69, 9.17) is 0 Å². The van der Waals surface area contributed by atoms with E-state index in [2.05, 4.69) is 9.72 Å². The van der Waals surface area contributed by atoms with Crippen molar-refractivity contribution in [2.24, 2.45) is 0 Å². The van der Waals surface area contributed by atoms with Crippen LogP contribution in [0.25, 0.3) is 22.2 Å². The van der Waals surface area contributed by atoms with Gasteiger partial charge in [0.2, 0.25) is 5.91 Å². The highest BCUT2D eigenvalue weighted by molar-refractivity contribution is 5.84. The van der Waals surface area contributed by atoms with Gasteiger partial charge in [0.05, 0.1) is 17.4 Å². The second-order valence-electron chi connectivity index (χ2n) is 6.74. The Kier molecular flexibility index (Phi) is 4.70. The molecule has 0 bridgehead atoms. The van der Waals surface area contributed by atoms with Gasteiger partial charge in [-0.15, -0.1) is 13.2 Å². The van der Waals surface area contributed by atoms with Gasteiger partial charge in [-0.1, -0.05) is 18.2 Å². The Labute approximate surface area is 159 Å². The highest BCUT2D eigenvalue weighted by atomic mass is 19.4. The number of amides is 1. The zero-order chi connectivity index (χ0) is 19.7. The van der Waals surface area contributed by atoms with E-state index in [1.807, 2.05) is 23.1 Å². The van der Waals surface area contributed by atoms with Crippen molar-refractivity contribution >= 4 is 16.9 Å². The summed E-state index contributed by atoms with van der Waals surface area (Å²) in [5, 5.41) is 0. The maximum atomic E-state index is 12.4. The molecule has 28 heavy (non-hydrogen) atoms. The highest BCUT2D eigenvalue weighted by Crippen LogP contribution is 2.28. The number of benzene rings is 2. The Bertz CT molecular complexity index is 990. The van der Waals surface area contributed by atoms with Crippen molar-refractivity contribution in [2.45, 2.75) is 25.7 Å². The summed E-state index contributed by atoms with van der Waals surface area (Å²) in [5.74, 6) is -0.200. The Morgan fingerprint density at radius 2 is 1.71 bits per heavy atom. The van der Waals surface area contributed by atoms with Crippen LogP contribution in [-0.2, 0) is 11.3 Å². The minimum atomic E-state index is -4.71. The molecule has 2 heterocycles. The van der Waals surface area contributed by atoms with E-state index in [9.17, 15) is 18.0 Å². The summed E-state index contributed by atoms with van der Waals surface area (Å²) in [7, 11) is 0. The second-order valence-corrected chi connectivity index (χ2v) is 6.74. The van der Waals surface area contributed by atoms with Gasteiger partial charge in [-0.25, -0.2) is 4.98 Å². The first-order valence-corrected chi connectivity index (χ1v) is 8.98. The lowest BCUT2D eigenvalue weighted by atomic mass is 10.0. The van der Waals surface area contributed by atoms with Gasteiger partial charge in [0, 0.05) is 13.1 Å². The van der Waals surface area contributed by atoms with Crippen LogP contribution in [-0.4, -0.2) is 39.8 Å². The van der Waals surface area contributed by atoms with Crippen molar-refractivity contribution in [2.75, 3.05) is 13.1 Å². The summed E-state index contributed by atoms with van der Waals surface area (Å²) in [6, 6.07) is 11.3. The van der Waals surface area contributed by atoms with Gasteiger partial charge in [0.1, 0.15) is 12.3 Å². The van der Waals surface area contributed by atoms with Crippen LogP contribution in [0, 0.1) is 0 Å². The molecule has 2 aromatic carbocycles. The van der Waals surface area contributed by atoms with Crippen molar-refractivity contribution in [1.29, 1.82) is 0 Å². The number of imidazole rings is 1. The standard InChI is InChI=1S/C20H18F3N3O2/c21-20(22,23)28-16-6-3-14(4-7-16)15-5-8-17-18(11-15)26(13-24-17)12-19(27)25-9-1-2-10-25/h3-8,11,13H,1-2,9-10,12H2. The number of carbonyl (C=O) groups is 1. The molecule has 1 saturated heterocycles. The van der Waals surface area contributed by atoms with E-state index in [-0.39, 0.29) is 18.2 Å². The van der Waals surface area contributed by atoms with Crippen molar-refractivity contribution in [3.05, 3.63) is 48.8 Å². The van der Waals surface area contributed by atoms with Gasteiger partial charge >= 0.3 is 6.36 Å². The third-order valence-electron chi connectivity index (χ3n) is 4.81. The number of likely N-dealkylation sites (tertiary alicyclic amines) is 1. The molecule has 1 aromatic heterocycles.